The zero-order chi connectivity index (χ0) is 27.9. The topological polar surface area (TPSA) is 16.1 Å². The van der Waals surface area contributed by atoms with Crippen LogP contribution in [0.4, 0.5) is 17.1 Å². The van der Waals surface area contributed by atoms with Gasteiger partial charge in [0.05, 0.1) is 22.5 Å². The van der Waals surface area contributed by atoms with E-state index in [9.17, 15) is 0 Å². The van der Waals surface area contributed by atoms with Crippen LogP contribution in [0.25, 0.3) is 22.0 Å². The Morgan fingerprint density at radius 1 is 0.476 bits per heavy atom. The summed E-state index contributed by atoms with van der Waals surface area (Å²) < 4.78 is 0. The van der Waals surface area contributed by atoms with Crippen molar-refractivity contribution < 1.29 is 0 Å². The fourth-order valence-electron chi connectivity index (χ4n) is 6.83. The molecule has 0 spiro atoms. The molecule has 1 aromatic heterocycles. The van der Waals surface area contributed by atoms with Crippen LogP contribution in [0.3, 0.4) is 0 Å². The molecule has 0 amide bonds. The third kappa shape index (κ3) is 3.62. The number of nitrogens with zero attached hydrogens (tertiary/aromatic N) is 2. The van der Waals surface area contributed by atoms with E-state index >= 15 is 0 Å². The highest BCUT2D eigenvalue weighted by Crippen LogP contribution is 2.57. The first-order chi connectivity index (χ1) is 20.9. The summed E-state index contributed by atoms with van der Waals surface area (Å²) in [5.74, 6) is 0. The van der Waals surface area contributed by atoms with Gasteiger partial charge in [-0.1, -0.05) is 133 Å². The van der Waals surface area contributed by atoms with Gasteiger partial charge in [0, 0.05) is 22.8 Å². The van der Waals surface area contributed by atoms with Crippen molar-refractivity contribution in [3.8, 4) is 11.3 Å². The monoisotopic (exact) mass is 536 g/mol. The van der Waals surface area contributed by atoms with Gasteiger partial charge in [-0.2, -0.15) is 0 Å². The molecule has 8 rings (SSSR count). The fraction of sp³-hybridized carbons (Fsp3) is 0.0250. The Labute approximate surface area is 246 Å². The second-order valence-corrected chi connectivity index (χ2v) is 10.8. The first-order valence-corrected chi connectivity index (χ1v) is 14.4. The first kappa shape index (κ1) is 24.3. The quantitative estimate of drug-likeness (QED) is 0.222. The molecule has 7 aromatic rings. The number of anilines is 3. The number of fused-ring (bicyclic) bond motifs is 3. The smallest absolute Gasteiger partial charge is 0.0781 e. The van der Waals surface area contributed by atoms with Gasteiger partial charge < -0.3 is 4.90 Å². The van der Waals surface area contributed by atoms with Crippen LogP contribution in [0.2, 0.25) is 0 Å². The van der Waals surface area contributed by atoms with Crippen LogP contribution in [0, 0.1) is 0 Å². The van der Waals surface area contributed by atoms with Crippen molar-refractivity contribution in [3.63, 3.8) is 0 Å². The summed E-state index contributed by atoms with van der Waals surface area (Å²) >= 11 is 0. The van der Waals surface area contributed by atoms with Crippen molar-refractivity contribution in [1.82, 2.24) is 4.98 Å². The van der Waals surface area contributed by atoms with Gasteiger partial charge >= 0.3 is 0 Å². The Morgan fingerprint density at radius 2 is 1.05 bits per heavy atom. The molecule has 0 saturated heterocycles. The van der Waals surface area contributed by atoms with Crippen molar-refractivity contribution in [2.45, 2.75) is 5.41 Å². The average Bonchev–Trinajstić information content (AvgIpc) is 3.08. The Bertz CT molecular complexity index is 1950. The molecule has 0 unspecified atom stereocenters. The molecule has 0 atom stereocenters. The van der Waals surface area contributed by atoms with Gasteiger partial charge in [0.15, 0.2) is 0 Å². The molecule has 198 valence electrons. The molecule has 2 heterocycles. The van der Waals surface area contributed by atoms with Crippen LogP contribution < -0.4 is 4.90 Å². The van der Waals surface area contributed by atoms with E-state index in [0.717, 1.165) is 22.3 Å². The lowest BCUT2D eigenvalue weighted by Gasteiger charge is -2.46. The molecule has 0 fully saturated rings. The summed E-state index contributed by atoms with van der Waals surface area (Å²) in [6, 6.07) is 59.0. The molecule has 0 aliphatic carbocycles. The molecular weight excluding hydrogens is 508 g/mol. The van der Waals surface area contributed by atoms with Crippen LogP contribution in [0.15, 0.2) is 170 Å². The Morgan fingerprint density at radius 3 is 1.71 bits per heavy atom. The summed E-state index contributed by atoms with van der Waals surface area (Å²) in [7, 11) is 0. The second-order valence-electron chi connectivity index (χ2n) is 10.8. The third-order valence-electron chi connectivity index (χ3n) is 8.56. The SMILES string of the molecule is c1ccc(C2(c3ccccc3)c3ccccc3N(c3cccc(-c4nccc5ccccc45)c3)c3ccccc32)cc1. The van der Waals surface area contributed by atoms with Gasteiger partial charge in [-0.25, -0.2) is 0 Å². The molecule has 2 nitrogen and oxygen atoms in total. The number of hydrogen-bond donors (Lipinski definition) is 0. The fourth-order valence-corrected chi connectivity index (χ4v) is 6.83. The van der Waals surface area contributed by atoms with Gasteiger partial charge in [0.2, 0.25) is 0 Å². The lowest BCUT2D eigenvalue weighted by molar-refractivity contribution is 0.731. The zero-order valence-electron chi connectivity index (χ0n) is 23.1. The maximum Gasteiger partial charge on any atom is 0.0781 e. The standard InChI is InChI=1S/C40H28N2/c1-3-16-31(17-4-1)40(32-18-5-2-6-19-32)35-22-9-11-24-37(35)42(38-25-12-10-23-36(38)40)33-20-13-15-30(28-33)39-34-21-8-7-14-29(34)26-27-41-39/h1-28H. The summed E-state index contributed by atoms with van der Waals surface area (Å²) in [4.78, 5) is 7.26. The minimum Gasteiger partial charge on any atom is -0.310 e. The predicted octanol–water partition coefficient (Wildman–Crippen LogP) is 10.1. The highest BCUT2D eigenvalue weighted by atomic mass is 15.2. The van der Waals surface area contributed by atoms with Gasteiger partial charge in [-0.3, -0.25) is 4.98 Å². The average molecular weight is 537 g/mol. The van der Waals surface area contributed by atoms with Crippen LogP contribution in [-0.2, 0) is 5.41 Å². The molecule has 0 radical (unpaired) electrons. The van der Waals surface area contributed by atoms with Crippen molar-refractivity contribution in [2.75, 3.05) is 4.90 Å². The number of para-hydroxylation sites is 2. The van der Waals surface area contributed by atoms with Gasteiger partial charge in [-0.15, -0.1) is 0 Å². The number of rotatable bonds is 4. The minimum absolute atomic E-state index is 0.471. The van der Waals surface area contributed by atoms with E-state index in [1.807, 2.05) is 6.20 Å². The zero-order valence-corrected chi connectivity index (χ0v) is 23.1. The van der Waals surface area contributed by atoms with Crippen molar-refractivity contribution >= 4 is 27.8 Å². The Balaban J connectivity index is 1.41. The van der Waals surface area contributed by atoms with Crippen molar-refractivity contribution in [1.29, 1.82) is 0 Å². The summed E-state index contributed by atoms with van der Waals surface area (Å²) in [5.41, 5.74) is 10.1. The Kier molecular flexibility index (Phi) is 5.72. The van der Waals surface area contributed by atoms with E-state index in [4.69, 9.17) is 4.98 Å². The molecule has 6 aromatic carbocycles. The van der Waals surface area contributed by atoms with Crippen LogP contribution in [-0.4, -0.2) is 4.98 Å². The molecule has 42 heavy (non-hydrogen) atoms. The summed E-state index contributed by atoms with van der Waals surface area (Å²) in [6.45, 7) is 0. The summed E-state index contributed by atoms with van der Waals surface area (Å²) in [6.07, 6.45) is 1.91. The van der Waals surface area contributed by atoms with E-state index in [2.05, 4.69) is 169 Å². The maximum atomic E-state index is 4.84. The lowest BCUT2D eigenvalue weighted by atomic mass is 9.62. The van der Waals surface area contributed by atoms with Crippen molar-refractivity contribution in [3.05, 3.63) is 192 Å². The van der Waals surface area contributed by atoms with Gasteiger partial charge in [0.1, 0.15) is 0 Å². The highest BCUT2D eigenvalue weighted by Gasteiger charge is 2.46. The number of benzene rings is 6. The van der Waals surface area contributed by atoms with E-state index in [1.54, 1.807) is 0 Å². The van der Waals surface area contributed by atoms with Crippen LogP contribution in [0.5, 0.6) is 0 Å². The first-order valence-electron chi connectivity index (χ1n) is 14.4. The van der Waals surface area contributed by atoms with E-state index < -0.39 is 5.41 Å². The molecular formula is C40H28N2. The number of pyridine rings is 1. The van der Waals surface area contributed by atoms with E-state index in [-0.39, 0.29) is 0 Å². The Hall–Kier alpha value is -5.47. The van der Waals surface area contributed by atoms with E-state index in [1.165, 1.54) is 39.0 Å². The largest absolute Gasteiger partial charge is 0.310 e. The van der Waals surface area contributed by atoms with Crippen LogP contribution >= 0.6 is 0 Å². The number of hydrogen-bond acceptors (Lipinski definition) is 2. The molecule has 1 aliphatic heterocycles. The maximum absolute atomic E-state index is 4.84. The minimum atomic E-state index is -0.471. The van der Waals surface area contributed by atoms with E-state index in [0.29, 0.717) is 0 Å². The van der Waals surface area contributed by atoms with Gasteiger partial charge in [-0.05, 0) is 58.0 Å². The predicted molar refractivity (Wildman–Crippen MR) is 174 cm³/mol. The second kappa shape index (κ2) is 9.87. The normalized spacial score (nSPS) is 13.4. The lowest BCUT2D eigenvalue weighted by Crippen LogP contribution is -2.37. The molecule has 0 N–H and O–H groups in total. The van der Waals surface area contributed by atoms with Gasteiger partial charge in [0.25, 0.3) is 0 Å². The summed E-state index contributed by atoms with van der Waals surface area (Å²) in [5, 5.41) is 2.35. The molecule has 1 aliphatic rings. The highest BCUT2D eigenvalue weighted by molar-refractivity contribution is 5.96. The molecule has 0 bridgehead atoms. The third-order valence-corrected chi connectivity index (χ3v) is 8.56. The van der Waals surface area contributed by atoms with Crippen molar-refractivity contribution in [2.24, 2.45) is 0 Å². The molecule has 0 saturated carbocycles. The number of aromatic nitrogens is 1. The molecule has 2 heteroatoms. The van der Waals surface area contributed by atoms with Crippen LogP contribution in [0.1, 0.15) is 22.3 Å².